The molecular weight excluding hydrogens is 442 g/mol. The van der Waals surface area contributed by atoms with E-state index in [0.29, 0.717) is 12.1 Å². The van der Waals surface area contributed by atoms with Gasteiger partial charge in [-0.05, 0) is 47.5 Å². The lowest BCUT2D eigenvalue weighted by atomic mass is 10.1. The number of hydroxylamine groups is 1. The van der Waals surface area contributed by atoms with Gasteiger partial charge in [0.25, 0.3) is 5.91 Å². The van der Waals surface area contributed by atoms with E-state index in [9.17, 15) is 4.79 Å². The molecule has 0 atom stereocenters. The molecule has 0 saturated carbocycles. The first-order chi connectivity index (χ1) is 17.1. The first-order valence-electron chi connectivity index (χ1n) is 11.7. The van der Waals surface area contributed by atoms with Gasteiger partial charge in [0.05, 0.1) is 7.11 Å². The minimum absolute atomic E-state index is 0.417. The van der Waals surface area contributed by atoms with Crippen LogP contribution in [-0.4, -0.2) is 58.9 Å². The van der Waals surface area contributed by atoms with Crippen LogP contribution in [0.25, 0.3) is 11.0 Å². The van der Waals surface area contributed by atoms with E-state index in [1.807, 2.05) is 30.5 Å². The molecule has 1 saturated heterocycles. The third-order valence-electron chi connectivity index (χ3n) is 6.59. The van der Waals surface area contributed by atoms with E-state index in [0.717, 1.165) is 55.1 Å². The number of anilines is 1. The summed E-state index contributed by atoms with van der Waals surface area (Å²) in [6, 6.07) is 19.7. The normalized spacial score (nSPS) is 14.3. The fourth-order valence-corrected chi connectivity index (χ4v) is 4.64. The molecular formula is C27H29N5O3. The Hall–Kier alpha value is -3.88. The summed E-state index contributed by atoms with van der Waals surface area (Å²) >= 11 is 0. The summed E-state index contributed by atoms with van der Waals surface area (Å²) in [4.78, 5) is 21.1. The number of amides is 1. The van der Waals surface area contributed by atoms with Crippen LogP contribution in [0.5, 0.6) is 5.75 Å². The zero-order valence-corrected chi connectivity index (χ0v) is 19.7. The maximum Gasteiger partial charge on any atom is 0.274 e. The summed E-state index contributed by atoms with van der Waals surface area (Å²) < 4.78 is 7.38. The van der Waals surface area contributed by atoms with Crippen LogP contribution in [0.2, 0.25) is 0 Å². The summed E-state index contributed by atoms with van der Waals surface area (Å²) in [7, 11) is 1.69. The first kappa shape index (κ1) is 22.9. The van der Waals surface area contributed by atoms with Crippen molar-refractivity contribution in [2.45, 2.75) is 13.1 Å². The Morgan fingerprint density at radius 1 is 0.943 bits per heavy atom. The fourth-order valence-electron chi connectivity index (χ4n) is 4.64. The molecule has 2 aromatic heterocycles. The van der Waals surface area contributed by atoms with Gasteiger partial charge in [-0.2, -0.15) is 0 Å². The highest BCUT2D eigenvalue weighted by molar-refractivity contribution is 5.93. The van der Waals surface area contributed by atoms with Crippen molar-refractivity contribution in [3.8, 4) is 5.75 Å². The molecule has 5 rings (SSSR count). The van der Waals surface area contributed by atoms with E-state index in [1.54, 1.807) is 24.7 Å². The highest BCUT2D eigenvalue weighted by Gasteiger charge is 2.20. The first-order valence-corrected chi connectivity index (χ1v) is 11.7. The van der Waals surface area contributed by atoms with Crippen molar-refractivity contribution < 1.29 is 14.7 Å². The second-order valence-corrected chi connectivity index (χ2v) is 8.76. The largest absolute Gasteiger partial charge is 0.497 e. The number of fused-ring (bicyclic) bond motifs is 1. The van der Waals surface area contributed by atoms with Crippen molar-refractivity contribution >= 4 is 22.6 Å². The molecule has 8 nitrogen and oxygen atoms in total. The summed E-state index contributed by atoms with van der Waals surface area (Å²) in [6.45, 7) is 5.54. The Morgan fingerprint density at radius 3 is 2.31 bits per heavy atom. The van der Waals surface area contributed by atoms with Gasteiger partial charge in [0, 0.05) is 68.3 Å². The number of benzene rings is 2. The molecule has 1 aliphatic rings. The molecule has 180 valence electrons. The third kappa shape index (κ3) is 4.99. The zero-order chi connectivity index (χ0) is 24.2. The summed E-state index contributed by atoms with van der Waals surface area (Å²) in [6.07, 6.45) is 3.95. The standard InChI is InChI=1S/C27H29N5O3/c1-35-23-8-4-20(5-9-23)18-30-14-16-31(17-15-30)25-10-12-28-26-24(25)11-13-32(26)19-21-2-6-22(7-3-21)27(33)29-34/h2-13,34H,14-19H2,1H3,(H,29,33). The summed E-state index contributed by atoms with van der Waals surface area (Å²) in [5.41, 5.74) is 6.59. The maximum absolute atomic E-state index is 11.6. The predicted octanol–water partition coefficient (Wildman–Crippen LogP) is 3.53. The number of methoxy groups -OCH3 is 1. The molecule has 0 radical (unpaired) electrons. The molecule has 0 unspecified atom stereocenters. The highest BCUT2D eigenvalue weighted by atomic mass is 16.5. The molecule has 3 heterocycles. The van der Waals surface area contributed by atoms with Crippen LogP contribution < -0.4 is 15.1 Å². The highest BCUT2D eigenvalue weighted by Crippen LogP contribution is 2.28. The molecule has 2 aromatic carbocycles. The SMILES string of the molecule is COc1ccc(CN2CCN(c3ccnc4c3ccn4Cc3ccc(C(=O)NO)cc3)CC2)cc1. The van der Waals surface area contributed by atoms with Crippen LogP contribution in [0.3, 0.4) is 0 Å². The Kier molecular flexibility index (Phi) is 6.65. The maximum atomic E-state index is 11.6. The number of carbonyl (C=O) groups is 1. The second-order valence-electron chi connectivity index (χ2n) is 8.76. The minimum atomic E-state index is -0.515. The molecule has 8 heteroatoms. The Morgan fingerprint density at radius 2 is 1.63 bits per heavy atom. The Labute approximate surface area is 204 Å². The molecule has 0 spiro atoms. The van der Waals surface area contributed by atoms with Crippen molar-refractivity contribution in [1.82, 2.24) is 19.9 Å². The molecule has 0 aliphatic carbocycles. The molecule has 0 bridgehead atoms. The Bertz CT molecular complexity index is 1290. The number of hydrogen-bond donors (Lipinski definition) is 2. The number of nitrogens with zero attached hydrogens (tertiary/aromatic N) is 4. The topological polar surface area (TPSA) is 82.9 Å². The van der Waals surface area contributed by atoms with Crippen LogP contribution >= 0.6 is 0 Å². The molecule has 1 fully saturated rings. The van der Waals surface area contributed by atoms with E-state index < -0.39 is 5.91 Å². The van der Waals surface area contributed by atoms with Crippen LogP contribution in [0.4, 0.5) is 5.69 Å². The van der Waals surface area contributed by atoms with Gasteiger partial charge in [-0.1, -0.05) is 24.3 Å². The quantitative estimate of drug-likeness (QED) is 0.317. The van der Waals surface area contributed by atoms with Crippen molar-refractivity contribution in [2.24, 2.45) is 0 Å². The van der Waals surface area contributed by atoms with Crippen LogP contribution in [-0.2, 0) is 13.1 Å². The molecule has 4 aromatic rings. The van der Waals surface area contributed by atoms with Gasteiger partial charge < -0.3 is 14.2 Å². The monoisotopic (exact) mass is 471 g/mol. The van der Waals surface area contributed by atoms with Gasteiger partial charge in [-0.15, -0.1) is 0 Å². The average molecular weight is 472 g/mol. The number of aromatic nitrogens is 2. The fraction of sp³-hybridized carbons (Fsp3) is 0.259. The lowest BCUT2D eigenvalue weighted by molar-refractivity contribution is 0.0706. The minimum Gasteiger partial charge on any atom is -0.497 e. The van der Waals surface area contributed by atoms with Crippen LogP contribution in [0, 0.1) is 0 Å². The second kappa shape index (κ2) is 10.2. The summed E-state index contributed by atoms with van der Waals surface area (Å²) in [5.74, 6) is 0.372. The van der Waals surface area contributed by atoms with Gasteiger partial charge >= 0.3 is 0 Å². The molecule has 35 heavy (non-hydrogen) atoms. The summed E-state index contributed by atoms with van der Waals surface area (Å²) in [5, 5.41) is 9.94. The van der Waals surface area contributed by atoms with Crippen molar-refractivity contribution in [3.05, 3.63) is 89.7 Å². The molecule has 1 amide bonds. The van der Waals surface area contributed by atoms with E-state index >= 15 is 0 Å². The van der Waals surface area contributed by atoms with Gasteiger partial charge in [0.2, 0.25) is 0 Å². The van der Waals surface area contributed by atoms with E-state index in [-0.39, 0.29) is 0 Å². The Balaban J connectivity index is 1.25. The van der Waals surface area contributed by atoms with Gasteiger partial charge in [-0.3, -0.25) is 14.9 Å². The number of ether oxygens (including phenoxy) is 1. The number of pyridine rings is 1. The van der Waals surface area contributed by atoms with Gasteiger partial charge in [0.15, 0.2) is 0 Å². The van der Waals surface area contributed by atoms with Crippen LogP contribution in [0.15, 0.2) is 73.1 Å². The number of nitrogens with one attached hydrogen (secondary N) is 1. The van der Waals surface area contributed by atoms with Crippen molar-refractivity contribution in [3.63, 3.8) is 0 Å². The van der Waals surface area contributed by atoms with Gasteiger partial charge in [-0.25, -0.2) is 10.5 Å². The number of carbonyl (C=O) groups excluding carboxylic acids is 1. The number of hydrogen-bond acceptors (Lipinski definition) is 6. The predicted molar refractivity (Wildman–Crippen MR) is 135 cm³/mol. The van der Waals surface area contributed by atoms with E-state index in [2.05, 4.69) is 49.8 Å². The van der Waals surface area contributed by atoms with Crippen molar-refractivity contribution in [1.29, 1.82) is 0 Å². The lowest BCUT2D eigenvalue weighted by Gasteiger charge is -2.36. The third-order valence-corrected chi connectivity index (χ3v) is 6.59. The lowest BCUT2D eigenvalue weighted by Crippen LogP contribution is -2.46. The smallest absolute Gasteiger partial charge is 0.274 e. The molecule has 2 N–H and O–H groups in total. The average Bonchev–Trinajstić information content (AvgIpc) is 3.32. The molecule has 1 aliphatic heterocycles. The van der Waals surface area contributed by atoms with E-state index in [4.69, 9.17) is 9.94 Å². The number of piperazine rings is 1. The zero-order valence-electron chi connectivity index (χ0n) is 19.7. The number of rotatable bonds is 7. The van der Waals surface area contributed by atoms with E-state index in [1.165, 1.54) is 11.3 Å². The van der Waals surface area contributed by atoms with Gasteiger partial charge in [0.1, 0.15) is 11.4 Å². The van der Waals surface area contributed by atoms with Crippen molar-refractivity contribution in [2.75, 3.05) is 38.2 Å². The van der Waals surface area contributed by atoms with Crippen LogP contribution in [0.1, 0.15) is 21.5 Å².